The van der Waals surface area contributed by atoms with E-state index in [1.807, 2.05) is 18.8 Å². The summed E-state index contributed by atoms with van der Waals surface area (Å²) in [5, 5.41) is 7.07. The van der Waals surface area contributed by atoms with Crippen LogP contribution in [0, 0.1) is 0 Å². The Morgan fingerprint density at radius 3 is 2.48 bits per heavy atom. The molecule has 2 N–H and O–H groups in total. The van der Waals surface area contributed by atoms with Crippen LogP contribution in [0.25, 0.3) is 0 Å². The Morgan fingerprint density at radius 2 is 1.92 bits per heavy atom. The largest absolute Gasteiger partial charge is 0.381 e. The van der Waals surface area contributed by atoms with Crippen LogP contribution in [-0.4, -0.2) is 43.3 Å². The lowest BCUT2D eigenvalue weighted by Crippen LogP contribution is -2.48. The summed E-state index contributed by atoms with van der Waals surface area (Å²) in [5.41, 5.74) is 2.65. The molecule has 4 nitrogen and oxygen atoms in total. The number of aryl methyl sites for hydroxylation is 1. The summed E-state index contributed by atoms with van der Waals surface area (Å²) in [6.07, 6.45) is 3.28. The number of hydrogen-bond donors (Lipinski definition) is 2. The fourth-order valence-electron chi connectivity index (χ4n) is 3.19. The molecule has 0 saturated carbocycles. The van der Waals surface area contributed by atoms with Gasteiger partial charge in [0, 0.05) is 31.6 Å². The predicted octanol–water partition coefficient (Wildman–Crippen LogP) is 3.78. The van der Waals surface area contributed by atoms with Crippen LogP contribution in [0.4, 0.5) is 0 Å². The Hall–Kier alpha value is -1.20. The minimum Gasteiger partial charge on any atom is -0.381 e. The van der Waals surface area contributed by atoms with Crippen molar-refractivity contribution in [3.63, 3.8) is 0 Å². The quantitative estimate of drug-likeness (QED) is 0.572. The fourth-order valence-corrected chi connectivity index (χ4v) is 4.43. The molecule has 1 aliphatic rings. The van der Waals surface area contributed by atoms with Crippen LogP contribution in [0.15, 0.2) is 29.3 Å². The zero-order valence-corrected chi connectivity index (χ0v) is 16.9. The third-order valence-corrected chi connectivity index (χ3v) is 6.35. The lowest BCUT2D eigenvalue weighted by atomic mass is 9.99. The lowest BCUT2D eigenvalue weighted by Gasteiger charge is -2.37. The summed E-state index contributed by atoms with van der Waals surface area (Å²) in [6, 6.07) is 9.05. The molecule has 0 amide bonds. The molecule has 1 fully saturated rings. The Labute approximate surface area is 157 Å². The summed E-state index contributed by atoms with van der Waals surface area (Å²) in [4.78, 5) is 4.42. The van der Waals surface area contributed by atoms with Crippen molar-refractivity contribution in [1.29, 1.82) is 0 Å². The van der Waals surface area contributed by atoms with E-state index in [4.69, 9.17) is 4.74 Å². The molecule has 0 spiro atoms. The van der Waals surface area contributed by atoms with Gasteiger partial charge in [-0.1, -0.05) is 38.1 Å². The molecule has 1 heterocycles. The van der Waals surface area contributed by atoms with E-state index in [9.17, 15) is 0 Å². The molecule has 1 aliphatic heterocycles. The smallest absolute Gasteiger partial charge is 0.191 e. The van der Waals surface area contributed by atoms with E-state index in [1.54, 1.807) is 0 Å². The van der Waals surface area contributed by atoms with E-state index in [-0.39, 0.29) is 10.8 Å². The molecule has 5 heteroatoms. The monoisotopic (exact) mass is 363 g/mol. The molecule has 0 aromatic heterocycles. The number of aliphatic imine (C=N–C) groups is 1. The summed E-state index contributed by atoms with van der Waals surface area (Å²) in [5.74, 6) is 2.00. The Bertz CT molecular complexity index is 533. The van der Waals surface area contributed by atoms with E-state index in [0.29, 0.717) is 0 Å². The maximum Gasteiger partial charge on any atom is 0.191 e. The predicted molar refractivity (Wildman–Crippen MR) is 110 cm³/mol. The number of rotatable bonds is 7. The summed E-state index contributed by atoms with van der Waals surface area (Å²) >= 11 is 2.05. The number of benzene rings is 1. The summed E-state index contributed by atoms with van der Waals surface area (Å²) < 4.78 is 5.82. The first-order valence-corrected chi connectivity index (χ1v) is 10.4. The highest BCUT2D eigenvalue weighted by atomic mass is 32.2. The first-order valence-electron chi connectivity index (χ1n) is 9.40. The Balaban J connectivity index is 1.92. The molecular formula is C20H33N3OS. The second-order valence-corrected chi connectivity index (χ2v) is 8.35. The topological polar surface area (TPSA) is 45.7 Å². The highest BCUT2D eigenvalue weighted by molar-refractivity contribution is 8.00. The van der Waals surface area contributed by atoms with Crippen molar-refractivity contribution in [2.24, 2.45) is 4.99 Å². The van der Waals surface area contributed by atoms with Gasteiger partial charge in [0.15, 0.2) is 5.96 Å². The molecule has 2 rings (SSSR count). The second kappa shape index (κ2) is 10.1. The Morgan fingerprint density at radius 1 is 1.24 bits per heavy atom. The number of thioether (sulfide) groups is 1. The van der Waals surface area contributed by atoms with Gasteiger partial charge in [-0.25, -0.2) is 0 Å². The third kappa shape index (κ3) is 5.93. The second-order valence-electron chi connectivity index (χ2n) is 6.62. The minimum absolute atomic E-state index is 0.224. The van der Waals surface area contributed by atoms with Crippen molar-refractivity contribution in [1.82, 2.24) is 10.6 Å². The minimum atomic E-state index is 0.224. The molecule has 1 unspecified atom stereocenters. The van der Waals surface area contributed by atoms with Crippen LogP contribution >= 0.6 is 11.8 Å². The molecule has 0 radical (unpaired) electrons. The first kappa shape index (κ1) is 20.1. The highest BCUT2D eigenvalue weighted by Gasteiger charge is 2.32. The van der Waals surface area contributed by atoms with Crippen molar-refractivity contribution in [2.45, 2.75) is 50.8 Å². The normalized spacial score (nSPS) is 18.6. The lowest BCUT2D eigenvalue weighted by molar-refractivity contribution is 0.0782. The maximum absolute atomic E-state index is 5.56. The van der Waals surface area contributed by atoms with Crippen molar-refractivity contribution in [3.05, 3.63) is 35.4 Å². The van der Waals surface area contributed by atoms with Gasteiger partial charge >= 0.3 is 0 Å². The van der Waals surface area contributed by atoms with Crippen molar-refractivity contribution in [2.75, 3.05) is 32.6 Å². The van der Waals surface area contributed by atoms with E-state index in [0.717, 1.165) is 50.7 Å². The number of guanidine groups is 1. The number of hydrogen-bond acceptors (Lipinski definition) is 3. The van der Waals surface area contributed by atoms with Gasteiger partial charge in [-0.2, -0.15) is 11.8 Å². The average Bonchev–Trinajstić information content (AvgIpc) is 2.66. The molecular weight excluding hydrogens is 330 g/mol. The van der Waals surface area contributed by atoms with Crippen LogP contribution in [-0.2, 0) is 11.2 Å². The van der Waals surface area contributed by atoms with E-state index >= 15 is 0 Å². The van der Waals surface area contributed by atoms with Crippen LogP contribution in [0.1, 0.15) is 50.8 Å². The van der Waals surface area contributed by atoms with Gasteiger partial charge in [-0.15, -0.1) is 0 Å². The number of ether oxygens (including phenoxy) is 1. The number of nitrogens with zero attached hydrogens (tertiary/aromatic N) is 1. The molecule has 1 saturated heterocycles. The molecule has 1 atom stereocenters. The molecule has 1 aromatic rings. The Kier molecular flexibility index (Phi) is 8.10. The van der Waals surface area contributed by atoms with Crippen molar-refractivity contribution >= 4 is 17.7 Å². The van der Waals surface area contributed by atoms with Gasteiger partial charge in [0.2, 0.25) is 0 Å². The fraction of sp³-hybridized carbons (Fsp3) is 0.650. The molecule has 1 aromatic carbocycles. The van der Waals surface area contributed by atoms with E-state index < -0.39 is 0 Å². The molecule has 0 bridgehead atoms. The van der Waals surface area contributed by atoms with Gasteiger partial charge in [0.25, 0.3) is 0 Å². The van der Waals surface area contributed by atoms with Crippen molar-refractivity contribution < 1.29 is 4.74 Å². The van der Waals surface area contributed by atoms with Crippen LogP contribution < -0.4 is 10.6 Å². The van der Waals surface area contributed by atoms with Gasteiger partial charge < -0.3 is 15.4 Å². The standard InChI is InChI=1S/C20H33N3OS/c1-5-17-7-9-18(10-8-17)16(3)23-19(21-4)22-15-20(25-6-2)11-13-24-14-12-20/h7-10,16H,5-6,11-15H2,1-4H3,(H2,21,22,23). The average molecular weight is 364 g/mol. The van der Waals surface area contributed by atoms with E-state index in [2.05, 4.69) is 60.7 Å². The third-order valence-electron chi connectivity index (χ3n) is 4.90. The first-order chi connectivity index (χ1) is 12.1. The molecule has 140 valence electrons. The molecule has 0 aliphatic carbocycles. The zero-order chi connectivity index (χ0) is 18.1. The van der Waals surface area contributed by atoms with Gasteiger partial charge in [0.05, 0.1) is 6.04 Å². The van der Waals surface area contributed by atoms with Gasteiger partial charge in [-0.05, 0) is 43.1 Å². The highest BCUT2D eigenvalue weighted by Crippen LogP contribution is 2.34. The molecule has 25 heavy (non-hydrogen) atoms. The van der Waals surface area contributed by atoms with Crippen LogP contribution in [0.3, 0.4) is 0 Å². The van der Waals surface area contributed by atoms with E-state index in [1.165, 1.54) is 11.1 Å². The summed E-state index contributed by atoms with van der Waals surface area (Å²) in [6.45, 7) is 9.25. The SMILES string of the molecule is CCSC1(CNC(=NC)NC(C)c2ccc(CC)cc2)CCOCC1. The maximum atomic E-state index is 5.56. The zero-order valence-electron chi connectivity index (χ0n) is 16.1. The van der Waals surface area contributed by atoms with Crippen LogP contribution in [0.5, 0.6) is 0 Å². The van der Waals surface area contributed by atoms with Gasteiger partial charge in [-0.3, -0.25) is 4.99 Å². The number of nitrogens with one attached hydrogen (secondary N) is 2. The van der Waals surface area contributed by atoms with Crippen molar-refractivity contribution in [3.8, 4) is 0 Å². The van der Waals surface area contributed by atoms with Gasteiger partial charge in [0.1, 0.15) is 0 Å². The van der Waals surface area contributed by atoms with Crippen LogP contribution in [0.2, 0.25) is 0 Å². The summed E-state index contributed by atoms with van der Waals surface area (Å²) in [7, 11) is 1.84.